The molecular formula is C19H16N2O4S. The zero-order valence-corrected chi connectivity index (χ0v) is 14.8. The van der Waals surface area contributed by atoms with Crippen molar-refractivity contribution in [1.82, 2.24) is 5.32 Å². The summed E-state index contributed by atoms with van der Waals surface area (Å²) in [6.45, 7) is 0. The van der Waals surface area contributed by atoms with Gasteiger partial charge in [-0.15, -0.1) is 0 Å². The first kappa shape index (κ1) is 17.8. The maximum absolute atomic E-state index is 12.3. The Morgan fingerprint density at radius 3 is 2.62 bits per heavy atom. The Labute approximate surface area is 154 Å². The van der Waals surface area contributed by atoms with Crippen molar-refractivity contribution in [1.29, 1.82) is 0 Å². The molecule has 0 atom stereocenters. The number of amides is 3. The number of para-hydroxylation sites is 1. The van der Waals surface area contributed by atoms with Crippen LogP contribution < -0.4 is 15.4 Å². The van der Waals surface area contributed by atoms with Gasteiger partial charge < -0.3 is 10.1 Å². The van der Waals surface area contributed by atoms with Gasteiger partial charge >= 0.3 is 0 Å². The van der Waals surface area contributed by atoms with Gasteiger partial charge in [-0.1, -0.05) is 24.3 Å². The molecule has 0 saturated carbocycles. The maximum Gasteiger partial charge on any atom is 0.290 e. The largest absolute Gasteiger partial charge is 0.496 e. The van der Waals surface area contributed by atoms with Crippen molar-refractivity contribution in [2.24, 2.45) is 0 Å². The summed E-state index contributed by atoms with van der Waals surface area (Å²) < 4.78 is 5.32. The fraction of sp³-hybridized carbons (Fsp3) is 0.105. The van der Waals surface area contributed by atoms with Crippen molar-refractivity contribution in [3.63, 3.8) is 0 Å². The van der Waals surface area contributed by atoms with Crippen LogP contribution in [0.1, 0.15) is 11.1 Å². The average molecular weight is 368 g/mol. The molecule has 6 nitrogen and oxygen atoms in total. The number of methoxy groups -OCH3 is 1. The molecule has 2 aromatic carbocycles. The molecule has 1 aliphatic rings. The number of carbonyl (C=O) groups is 3. The number of hydrogen-bond acceptors (Lipinski definition) is 5. The SMILES string of the molecule is COc1ccc(/C=C2/SC(=O)NC2=O)cc1CC(=O)Nc1ccccc1. The molecule has 3 amide bonds. The first-order chi connectivity index (χ1) is 12.5. The first-order valence-corrected chi connectivity index (χ1v) is 8.63. The van der Waals surface area contributed by atoms with Gasteiger partial charge in [-0.05, 0) is 47.7 Å². The predicted octanol–water partition coefficient (Wildman–Crippen LogP) is 3.20. The van der Waals surface area contributed by atoms with Crippen molar-refractivity contribution in [3.8, 4) is 5.75 Å². The minimum atomic E-state index is -0.417. The van der Waals surface area contributed by atoms with Crippen LogP contribution in [0, 0.1) is 0 Å². The summed E-state index contributed by atoms with van der Waals surface area (Å²) in [6, 6.07) is 14.4. The molecule has 1 saturated heterocycles. The lowest BCUT2D eigenvalue weighted by molar-refractivity contribution is -0.116. The highest BCUT2D eigenvalue weighted by molar-refractivity contribution is 8.18. The van der Waals surface area contributed by atoms with Crippen molar-refractivity contribution in [3.05, 3.63) is 64.6 Å². The summed E-state index contributed by atoms with van der Waals surface area (Å²) in [5, 5.41) is 4.64. The summed E-state index contributed by atoms with van der Waals surface area (Å²) >= 11 is 0.851. The van der Waals surface area contributed by atoms with Crippen molar-refractivity contribution in [2.45, 2.75) is 6.42 Å². The number of ether oxygens (including phenoxy) is 1. The van der Waals surface area contributed by atoms with Gasteiger partial charge in [-0.25, -0.2) is 0 Å². The molecule has 0 spiro atoms. The van der Waals surface area contributed by atoms with Crippen LogP contribution in [0.2, 0.25) is 0 Å². The second kappa shape index (κ2) is 7.88. The van der Waals surface area contributed by atoms with Gasteiger partial charge in [0, 0.05) is 11.3 Å². The summed E-state index contributed by atoms with van der Waals surface area (Å²) in [5.41, 5.74) is 2.11. The number of nitrogens with one attached hydrogen (secondary N) is 2. The molecule has 26 heavy (non-hydrogen) atoms. The smallest absolute Gasteiger partial charge is 0.290 e. The molecule has 2 aromatic rings. The second-order valence-electron chi connectivity index (χ2n) is 5.51. The Kier molecular flexibility index (Phi) is 5.38. The molecule has 0 aromatic heterocycles. The normalized spacial score (nSPS) is 15.0. The molecule has 0 radical (unpaired) electrons. The third kappa shape index (κ3) is 4.31. The van der Waals surface area contributed by atoms with Crippen LogP contribution >= 0.6 is 11.8 Å². The molecular weight excluding hydrogens is 352 g/mol. The zero-order valence-electron chi connectivity index (χ0n) is 13.9. The molecule has 1 fully saturated rings. The molecule has 0 unspecified atom stereocenters. The molecule has 7 heteroatoms. The standard InChI is InChI=1S/C19H16N2O4S/c1-25-15-8-7-12(10-16-18(23)21-19(24)26-16)9-13(15)11-17(22)20-14-5-3-2-4-6-14/h2-10H,11H2,1H3,(H,20,22)(H,21,23,24)/b16-10+. The Bertz CT molecular complexity index is 894. The van der Waals surface area contributed by atoms with Crippen LogP contribution in [0.3, 0.4) is 0 Å². The number of imide groups is 1. The molecule has 0 bridgehead atoms. The molecule has 3 rings (SSSR count). The monoisotopic (exact) mass is 368 g/mol. The Balaban J connectivity index is 1.79. The van der Waals surface area contributed by atoms with Crippen molar-refractivity contribution in [2.75, 3.05) is 12.4 Å². The number of rotatable bonds is 5. The minimum absolute atomic E-state index is 0.118. The Morgan fingerprint density at radius 2 is 1.96 bits per heavy atom. The number of carbonyl (C=O) groups excluding carboxylic acids is 3. The summed E-state index contributed by atoms with van der Waals surface area (Å²) in [6.07, 6.45) is 1.73. The molecule has 1 aliphatic heterocycles. The lowest BCUT2D eigenvalue weighted by atomic mass is 10.1. The maximum atomic E-state index is 12.3. The summed E-state index contributed by atoms with van der Waals surface area (Å²) in [7, 11) is 1.53. The highest BCUT2D eigenvalue weighted by Crippen LogP contribution is 2.28. The average Bonchev–Trinajstić information content (AvgIpc) is 2.93. The lowest BCUT2D eigenvalue weighted by Crippen LogP contribution is -2.17. The molecule has 132 valence electrons. The number of benzene rings is 2. The van der Waals surface area contributed by atoms with Gasteiger partial charge in [0.1, 0.15) is 5.75 Å². The lowest BCUT2D eigenvalue weighted by Gasteiger charge is -2.10. The Hall–Kier alpha value is -3.06. The zero-order chi connectivity index (χ0) is 18.5. The van der Waals surface area contributed by atoms with Crippen LogP contribution in [-0.4, -0.2) is 24.2 Å². The minimum Gasteiger partial charge on any atom is -0.496 e. The highest BCUT2D eigenvalue weighted by atomic mass is 32.2. The van der Waals surface area contributed by atoms with E-state index in [0.29, 0.717) is 27.5 Å². The van der Waals surface area contributed by atoms with Gasteiger partial charge in [0.25, 0.3) is 11.1 Å². The van der Waals surface area contributed by atoms with Gasteiger partial charge in [0.05, 0.1) is 18.4 Å². The van der Waals surface area contributed by atoms with E-state index in [4.69, 9.17) is 4.74 Å². The van der Waals surface area contributed by atoms with Gasteiger partial charge in [0.2, 0.25) is 5.91 Å². The van der Waals surface area contributed by atoms with Crippen molar-refractivity contribution < 1.29 is 19.1 Å². The van der Waals surface area contributed by atoms with Crippen LogP contribution in [-0.2, 0) is 16.0 Å². The van der Waals surface area contributed by atoms with E-state index in [9.17, 15) is 14.4 Å². The highest BCUT2D eigenvalue weighted by Gasteiger charge is 2.25. The Morgan fingerprint density at radius 1 is 1.19 bits per heavy atom. The molecule has 0 aliphatic carbocycles. The van der Waals surface area contributed by atoms with E-state index in [1.54, 1.807) is 24.3 Å². The van der Waals surface area contributed by atoms with E-state index < -0.39 is 11.1 Å². The number of thioether (sulfide) groups is 1. The van der Waals surface area contributed by atoms with E-state index in [-0.39, 0.29) is 12.3 Å². The van der Waals surface area contributed by atoms with Crippen LogP contribution in [0.5, 0.6) is 5.75 Å². The van der Waals surface area contributed by atoms with Crippen LogP contribution in [0.25, 0.3) is 6.08 Å². The summed E-state index contributed by atoms with van der Waals surface area (Å²) in [4.78, 5) is 35.6. The predicted molar refractivity (Wildman–Crippen MR) is 101 cm³/mol. The van der Waals surface area contributed by atoms with E-state index in [1.165, 1.54) is 7.11 Å². The van der Waals surface area contributed by atoms with E-state index >= 15 is 0 Å². The van der Waals surface area contributed by atoms with Gasteiger partial charge in [-0.2, -0.15) is 0 Å². The molecule has 2 N–H and O–H groups in total. The van der Waals surface area contributed by atoms with E-state index in [2.05, 4.69) is 10.6 Å². The van der Waals surface area contributed by atoms with Gasteiger partial charge in [-0.3, -0.25) is 19.7 Å². The fourth-order valence-corrected chi connectivity index (χ4v) is 3.18. The second-order valence-corrected chi connectivity index (χ2v) is 6.53. The molecule has 1 heterocycles. The van der Waals surface area contributed by atoms with E-state index in [0.717, 1.165) is 11.8 Å². The first-order valence-electron chi connectivity index (χ1n) is 7.82. The fourth-order valence-electron chi connectivity index (χ4n) is 2.50. The topological polar surface area (TPSA) is 84.5 Å². The number of hydrogen-bond donors (Lipinski definition) is 2. The number of anilines is 1. The van der Waals surface area contributed by atoms with Crippen molar-refractivity contribution >= 4 is 40.6 Å². The van der Waals surface area contributed by atoms with E-state index in [1.807, 2.05) is 30.3 Å². The summed E-state index contributed by atoms with van der Waals surface area (Å²) in [5.74, 6) is -0.0170. The third-order valence-electron chi connectivity index (χ3n) is 3.65. The van der Waals surface area contributed by atoms with Crippen LogP contribution in [0.4, 0.5) is 10.5 Å². The van der Waals surface area contributed by atoms with Crippen LogP contribution in [0.15, 0.2) is 53.4 Å². The quantitative estimate of drug-likeness (QED) is 0.792. The third-order valence-corrected chi connectivity index (χ3v) is 4.46. The van der Waals surface area contributed by atoms with Gasteiger partial charge in [0.15, 0.2) is 0 Å².